The van der Waals surface area contributed by atoms with Gasteiger partial charge in [-0.15, -0.1) is 0 Å². The molecule has 1 fully saturated rings. The fourth-order valence-corrected chi connectivity index (χ4v) is 2.28. The summed E-state index contributed by atoms with van der Waals surface area (Å²) in [6, 6.07) is 0. The number of likely N-dealkylation sites (tertiary alicyclic amines) is 1. The summed E-state index contributed by atoms with van der Waals surface area (Å²) in [5, 5.41) is 0. The van der Waals surface area contributed by atoms with E-state index in [4.69, 9.17) is 0 Å². The minimum absolute atomic E-state index is 0.650. The number of hydrogen-bond acceptors (Lipinski definition) is 3. The third-order valence-electron chi connectivity index (χ3n) is 3.04. The lowest BCUT2D eigenvalue weighted by atomic mass is 9.98. The summed E-state index contributed by atoms with van der Waals surface area (Å²) in [5.41, 5.74) is 0.684. The number of hydrogen-bond donors (Lipinski definition) is 0. The molecular weight excluding hydrogens is 190 g/mol. The fraction of sp³-hybridized carbons (Fsp3) is 0.636. The lowest BCUT2D eigenvalue weighted by Crippen LogP contribution is -2.34. The van der Waals surface area contributed by atoms with Crippen LogP contribution in [0.25, 0.3) is 0 Å². The van der Waals surface area contributed by atoms with E-state index in [0.717, 1.165) is 19.4 Å². The molecule has 1 aromatic rings. The average Bonchev–Trinajstić information content (AvgIpc) is 2.65. The van der Waals surface area contributed by atoms with Crippen molar-refractivity contribution in [2.24, 2.45) is 5.92 Å². The molecule has 0 aromatic carbocycles. The van der Waals surface area contributed by atoms with Crippen molar-refractivity contribution in [1.29, 1.82) is 0 Å². The molecule has 1 saturated heterocycles. The number of carbonyl (C=O) groups excluding carboxylic acids is 1. The highest BCUT2D eigenvalue weighted by atomic mass is 16.1. The number of rotatable bonds is 3. The molecule has 0 saturated carbocycles. The molecule has 15 heavy (non-hydrogen) atoms. The summed E-state index contributed by atoms with van der Waals surface area (Å²) in [5.74, 6) is 0.650. The predicted octanol–water partition coefficient (Wildman–Crippen LogP) is 1.04. The van der Waals surface area contributed by atoms with E-state index < -0.39 is 0 Å². The Morgan fingerprint density at radius 2 is 2.53 bits per heavy atom. The van der Waals surface area contributed by atoms with Crippen LogP contribution in [-0.4, -0.2) is 40.9 Å². The van der Waals surface area contributed by atoms with Gasteiger partial charge in [-0.3, -0.25) is 4.79 Å². The van der Waals surface area contributed by atoms with Crippen LogP contribution in [0.3, 0.4) is 0 Å². The molecule has 82 valence electrons. The van der Waals surface area contributed by atoms with Gasteiger partial charge >= 0.3 is 0 Å². The van der Waals surface area contributed by atoms with Crippen LogP contribution in [0.5, 0.6) is 0 Å². The Morgan fingerprint density at radius 3 is 3.27 bits per heavy atom. The number of aromatic nitrogens is 2. The van der Waals surface area contributed by atoms with Gasteiger partial charge in [0.2, 0.25) is 0 Å². The predicted molar refractivity (Wildman–Crippen MR) is 57.8 cm³/mol. The Labute approximate surface area is 89.9 Å². The highest BCUT2D eigenvalue weighted by Crippen LogP contribution is 2.17. The Hall–Kier alpha value is -1.16. The Bertz CT molecular complexity index is 334. The van der Waals surface area contributed by atoms with Gasteiger partial charge in [-0.05, 0) is 32.4 Å². The van der Waals surface area contributed by atoms with Crippen molar-refractivity contribution in [2.45, 2.75) is 19.4 Å². The zero-order valence-corrected chi connectivity index (χ0v) is 9.09. The number of nitrogens with zero attached hydrogens (tertiary/aromatic N) is 3. The van der Waals surface area contributed by atoms with Gasteiger partial charge in [0, 0.05) is 13.1 Å². The molecule has 0 amide bonds. The van der Waals surface area contributed by atoms with E-state index in [2.05, 4.69) is 16.9 Å². The normalized spacial score (nSPS) is 22.9. The van der Waals surface area contributed by atoms with Crippen LogP contribution < -0.4 is 0 Å². The van der Waals surface area contributed by atoms with E-state index in [1.807, 2.05) is 4.57 Å². The standard InChI is InChI=1S/C11H17N3O/c1-13-4-2-3-10(6-13)7-14-9-12-5-11(14)8-15/h5,8-10H,2-4,6-7H2,1H3. The minimum Gasteiger partial charge on any atom is -0.328 e. The second-order valence-electron chi connectivity index (χ2n) is 4.36. The number of imidazole rings is 1. The minimum atomic E-state index is 0.650. The summed E-state index contributed by atoms with van der Waals surface area (Å²) in [6.45, 7) is 3.23. The first-order valence-electron chi connectivity index (χ1n) is 5.43. The molecule has 4 heteroatoms. The van der Waals surface area contributed by atoms with Crippen molar-refractivity contribution in [1.82, 2.24) is 14.5 Å². The Kier molecular flexibility index (Phi) is 3.16. The van der Waals surface area contributed by atoms with Crippen LogP contribution in [0.1, 0.15) is 23.3 Å². The molecule has 0 aliphatic carbocycles. The SMILES string of the molecule is CN1CCCC(Cn2cncc2C=O)C1. The first-order valence-corrected chi connectivity index (χ1v) is 5.43. The van der Waals surface area contributed by atoms with Crippen molar-refractivity contribution in [2.75, 3.05) is 20.1 Å². The van der Waals surface area contributed by atoms with Gasteiger partial charge in [0.05, 0.1) is 12.5 Å². The van der Waals surface area contributed by atoms with E-state index >= 15 is 0 Å². The molecular formula is C11H17N3O. The molecule has 1 atom stereocenters. The Balaban J connectivity index is 1.98. The number of carbonyl (C=O) groups is 1. The molecule has 0 bridgehead atoms. The van der Waals surface area contributed by atoms with Crippen LogP contribution in [0.15, 0.2) is 12.5 Å². The van der Waals surface area contributed by atoms with Crippen molar-refractivity contribution < 1.29 is 4.79 Å². The molecule has 1 unspecified atom stereocenters. The molecule has 1 aliphatic heterocycles. The van der Waals surface area contributed by atoms with Gasteiger partial charge in [-0.1, -0.05) is 0 Å². The van der Waals surface area contributed by atoms with Gasteiger partial charge in [0.15, 0.2) is 6.29 Å². The van der Waals surface area contributed by atoms with Crippen LogP contribution in [0.4, 0.5) is 0 Å². The monoisotopic (exact) mass is 207 g/mol. The van der Waals surface area contributed by atoms with E-state index in [-0.39, 0.29) is 0 Å². The summed E-state index contributed by atoms with van der Waals surface area (Å²) in [4.78, 5) is 17.1. The second kappa shape index (κ2) is 4.57. The van der Waals surface area contributed by atoms with Gasteiger partial charge in [-0.2, -0.15) is 0 Å². The molecule has 0 N–H and O–H groups in total. The van der Waals surface area contributed by atoms with E-state index in [1.165, 1.54) is 19.4 Å². The number of piperidine rings is 1. The van der Waals surface area contributed by atoms with Gasteiger partial charge in [0.25, 0.3) is 0 Å². The van der Waals surface area contributed by atoms with E-state index in [0.29, 0.717) is 11.6 Å². The molecule has 4 nitrogen and oxygen atoms in total. The Morgan fingerprint density at radius 1 is 1.67 bits per heavy atom. The summed E-state index contributed by atoms with van der Waals surface area (Å²) >= 11 is 0. The zero-order valence-electron chi connectivity index (χ0n) is 9.09. The average molecular weight is 207 g/mol. The van der Waals surface area contributed by atoms with Gasteiger partial charge in [-0.25, -0.2) is 4.98 Å². The molecule has 1 aliphatic rings. The highest BCUT2D eigenvalue weighted by molar-refractivity contribution is 5.71. The fourth-order valence-electron chi connectivity index (χ4n) is 2.28. The maximum Gasteiger partial charge on any atom is 0.168 e. The molecule has 0 radical (unpaired) electrons. The first-order chi connectivity index (χ1) is 7.29. The molecule has 0 spiro atoms. The van der Waals surface area contributed by atoms with Crippen LogP contribution in [0.2, 0.25) is 0 Å². The largest absolute Gasteiger partial charge is 0.328 e. The van der Waals surface area contributed by atoms with Crippen LogP contribution in [-0.2, 0) is 6.54 Å². The molecule has 1 aromatic heterocycles. The third-order valence-corrected chi connectivity index (χ3v) is 3.04. The second-order valence-corrected chi connectivity index (χ2v) is 4.36. The highest BCUT2D eigenvalue weighted by Gasteiger charge is 2.18. The smallest absolute Gasteiger partial charge is 0.168 e. The lowest BCUT2D eigenvalue weighted by molar-refractivity contribution is 0.111. The van der Waals surface area contributed by atoms with Crippen molar-refractivity contribution in [3.05, 3.63) is 18.2 Å². The maximum absolute atomic E-state index is 10.7. The van der Waals surface area contributed by atoms with Crippen LogP contribution >= 0.6 is 0 Å². The molecule has 2 rings (SSSR count). The quantitative estimate of drug-likeness (QED) is 0.695. The van der Waals surface area contributed by atoms with Crippen molar-refractivity contribution in [3.63, 3.8) is 0 Å². The van der Waals surface area contributed by atoms with E-state index in [9.17, 15) is 4.79 Å². The van der Waals surface area contributed by atoms with Crippen molar-refractivity contribution >= 4 is 6.29 Å². The topological polar surface area (TPSA) is 38.1 Å². The third kappa shape index (κ3) is 2.45. The maximum atomic E-state index is 10.7. The lowest BCUT2D eigenvalue weighted by Gasteiger charge is -2.29. The first kappa shape index (κ1) is 10.4. The van der Waals surface area contributed by atoms with Crippen LogP contribution in [0, 0.1) is 5.92 Å². The summed E-state index contributed by atoms with van der Waals surface area (Å²) in [6.07, 6.45) is 6.75. The van der Waals surface area contributed by atoms with Crippen molar-refractivity contribution in [3.8, 4) is 0 Å². The summed E-state index contributed by atoms with van der Waals surface area (Å²) in [7, 11) is 2.15. The molecule has 2 heterocycles. The summed E-state index contributed by atoms with van der Waals surface area (Å²) < 4.78 is 1.96. The van der Waals surface area contributed by atoms with E-state index in [1.54, 1.807) is 12.5 Å². The van der Waals surface area contributed by atoms with Gasteiger partial charge < -0.3 is 9.47 Å². The number of aldehydes is 1. The zero-order chi connectivity index (χ0) is 10.7. The van der Waals surface area contributed by atoms with Gasteiger partial charge in [0.1, 0.15) is 5.69 Å².